The molecule has 0 aliphatic heterocycles. The summed E-state index contributed by atoms with van der Waals surface area (Å²) in [6, 6.07) is 0. The molecule has 0 nitrogen and oxygen atoms in total. The van der Waals surface area contributed by atoms with Crippen LogP contribution in [0.3, 0.4) is 0 Å². The number of rotatable bonds is 4. The fraction of sp³-hybridized carbons (Fsp3) is 0.833. The first-order valence-corrected chi connectivity index (χ1v) is 3.98. The Balaban J connectivity index is 2.86. The predicted molar refractivity (Wildman–Crippen MR) is 45.6 cm³/mol. The van der Waals surface area contributed by atoms with Crippen molar-refractivity contribution in [3.63, 3.8) is 0 Å². The van der Waals surface area contributed by atoms with Crippen molar-refractivity contribution in [2.24, 2.45) is 0 Å². The fourth-order valence-electron chi connectivity index (χ4n) is 0.471. The van der Waals surface area contributed by atoms with Gasteiger partial charge in [-0.25, -0.2) is 0 Å². The lowest BCUT2D eigenvalue weighted by Gasteiger charge is -2.03. The topological polar surface area (TPSA) is 0 Å². The first-order valence-electron chi connectivity index (χ1n) is 2.95. The van der Waals surface area contributed by atoms with Crippen LogP contribution in [0.4, 0.5) is 0 Å². The van der Waals surface area contributed by atoms with Crippen molar-refractivity contribution in [3.8, 4) is 0 Å². The Morgan fingerprint density at radius 2 is 2.25 bits per heavy atom. The van der Waals surface area contributed by atoms with E-state index in [1.54, 1.807) is 0 Å². The molecule has 0 bridgehead atoms. The average Bonchev–Trinajstić information content (AvgIpc) is 1.83. The lowest BCUT2D eigenvalue weighted by Crippen LogP contribution is -1.93. The van der Waals surface area contributed by atoms with Crippen LogP contribution in [0.15, 0.2) is 0 Å². The van der Waals surface area contributed by atoms with Gasteiger partial charge >= 0.3 is 0 Å². The minimum atomic E-state index is 0.568. The molecule has 0 N–H and O–H groups in total. The van der Waals surface area contributed by atoms with Gasteiger partial charge in [0.2, 0.25) is 0 Å². The fourth-order valence-corrected chi connectivity index (χ4v) is 0.769. The maximum Gasteiger partial charge on any atom is 0.0134 e. The van der Waals surface area contributed by atoms with Gasteiger partial charge in [0.05, 0.1) is 0 Å². The highest BCUT2D eigenvalue weighted by atomic mass is 32.1. The molecule has 1 unspecified atom stereocenters. The van der Waals surface area contributed by atoms with E-state index in [9.17, 15) is 0 Å². The average molecular weight is 149 g/mol. The van der Waals surface area contributed by atoms with Crippen LogP contribution in [0.25, 0.3) is 0 Å². The molecule has 0 aromatic rings. The monoisotopic (exact) mass is 149 g/mol. The van der Waals surface area contributed by atoms with Crippen molar-refractivity contribution >= 4 is 25.3 Å². The zero-order chi connectivity index (χ0) is 6.41. The lowest BCUT2D eigenvalue weighted by atomic mass is 10.2. The summed E-state index contributed by atoms with van der Waals surface area (Å²) in [6.45, 7) is 2.15. The predicted octanol–water partition coefficient (Wildman–Crippen LogP) is 2.57. The maximum absolute atomic E-state index is 4.31. The van der Waals surface area contributed by atoms with Gasteiger partial charge in [-0.2, -0.15) is 25.3 Å². The minimum absolute atomic E-state index is 0.568. The molecule has 0 heterocycles. The summed E-state index contributed by atoms with van der Waals surface area (Å²) < 4.78 is 0. The van der Waals surface area contributed by atoms with Crippen molar-refractivity contribution in [1.29, 1.82) is 0 Å². The molecule has 0 rings (SSSR count). The Labute approximate surface area is 62.9 Å². The number of thiol groups is 2. The molecule has 0 amide bonds. The summed E-state index contributed by atoms with van der Waals surface area (Å²) in [5.41, 5.74) is 0. The molecule has 8 heavy (non-hydrogen) atoms. The molecule has 0 aliphatic rings. The molecule has 0 spiro atoms. The van der Waals surface area contributed by atoms with E-state index in [4.69, 9.17) is 0 Å². The Kier molecular flexibility index (Phi) is 6.34. The van der Waals surface area contributed by atoms with Crippen LogP contribution >= 0.6 is 25.3 Å². The Bertz CT molecular complexity index is 45.8. The first kappa shape index (κ1) is 8.70. The van der Waals surface area contributed by atoms with Crippen LogP contribution in [-0.2, 0) is 0 Å². The number of hydrogen-bond donors (Lipinski definition) is 2. The quantitative estimate of drug-likeness (QED) is 0.564. The zero-order valence-electron chi connectivity index (χ0n) is 5.17. The summed E-state index contributed by atoms with van der Waals surface area (Å²) in [7, 11) is 0. The van der Waals surface area contributed by atoms with Crippen molar-refractivity contribution in [1.82, 2.24) is 0 Å². The third kappa shape index (κ3) is 4.85. The zero-order valence-corrected chi connectivity index (χ0v) is 6.96. The van der Waals surface area contributed by atoms with E-state index in [-0.39, 0.29) is 0 Å². The molecular weight excluding hydrogens is 136 g/mol. The third-order valence-corrected chi connectivity index (χ3v) is 1.98. The van der Waals surface area contributed by atoms with E-state index in [1.165, 1.54) is 0 Å². The molecule has 2 heteroatoms. The third-order valence-electron chi connectivity index (χ3n) is 1.10. The van der Waals surface area contributed by atoms with Gasteiger partial charge in [0.25, 0.3) is 0 Å². The second-order valence-electron chi connectivity index (χ2n) is 1.82. The standard InChI is InChI=1S/C6H13S2/c1-2-6(8)4-3-5-7/h5-8H,2-4H2,1H3. The summed E-state index contributed by atoms with van der Waals surface area (Å²) >= 11 is 8.29. The highest BCUT2D eigenvalue weighted by Gasteiger charge is 1.96. The molecule has 0 aromatic heterocycles. The lowest BCUT2D eigenvalue weighted by molar-refractivity contribution is 0.748. The summed E-state index contributed by atoms with van der Waals surface area (Å²) in [5.74, 6) is 1.89. The molecule has 0 saturated carbocycles. The van der Waals surface area contributed by atoms with Gasteiger partial charge in [0.1, 0.15) is 0 Å². The highest BCUT2D eigenvalue weighted by Crippen LogP contribution is 2.10. The molecular formula is C6H13S2. The van der Waals surface area contributed by atoms with Crippen LogP contribution in [-0.4, -0.2) is 5.25 Å². The van der Waals surface area contributed by atoms with Gasteiger partial charge in [0, 0.05) is 11.0 Å². The van der Waals surface area contributed by atoms with Crippen molar-refractivity contribution < 1.29 is 0 Å². The van der Waals surface area contributed by atoms with Crippen LogP contribution in [0.5, 0.6) is 0 Å². The van der Waals surface area contributed by atoms with Gasteiger partial charge in [0.15, 0.2) is 0 Å². The summed E-state index contributed by atoms with van der Waals surface area (Å²) in [4.78, 5) is 0. The van der Waals surface area contributed by atoms with Crippen molar-refractivity contribution in [3.05, 3.63) is 5.75 Å². The van der Waals surface area contributed by atoms with Crippen LogP contribution in [0, 0.1) is 5.75 Å². The van der Waals surface area contributed by atoms with E-state index in [0.29, 0.717) is 5.25 Å². The van der Waals surface area contributed by atoms with Gasteiger partial charge in [-0.15, -0.1) is 0 Å². The first-order chi connectivity index (χ1) is 3.81. The largest absolute Gasteiger partial charge is 0.176 e. The van der Waals surface area contributed by atoms with E-state index in [1.807, 2.05) is 5.75 Å². The molecule has 0 saturated heterocycles. The molecule has 0 fully saturated rings. The summed E-state index contributed by atoms with van der Waals surface area (Å²) in [5, 5.41) is 0.568. The minimum Gasteiger partial charge on any atom is -0.176 e. The Morgan fingerprint density at radius 1 is 1.62 bits per heavy atom. The molecule has 1 atom stereocenters. The van der Waals surface area contributed by atoms with E-state index in [2.05, 4.69) is 32.2 Å². The van der Waals surface area contributed by atoms with Gasteiger partial charge < -0.3 is 0 Å². The highest BCUT2D eigenvalue weighted by molar-refractivity contribution is 7.82. The van der Waals surface area contributed by atoms with E-state index < -0.39 is 0 Å². The Hall–Kier alpha value is 0.700. The molecule has 0 aliphatic carbocycles. The van der Waals surface area contributed by atoms with Crippen LogP contribution in [0.1, 0.15) is 26.2 Å². The van der Waals surface area contributed by atoms with E-state index in [0.717, 1.165) is 19.3 Å². The van der Waals surface area contributed by atoms with Gasteiger partial charge in [-0.3, -0.25) is 0 Å². The van der Waals surface area contributed by atoms with Gasteiger partial charge in [-0.1, -0.05) is 6.92 Å². The van der Waals surface area contributed by atoms with Crippen molar-refractivity contribution in [2.75, 3.05) is 0 Å². The second-order valence-corrected chi connectivity index (χ2v) is 2.92. The van der Waals surface area contributed by atoms with Crippen LogP contribution in [0.2, 0.25) is 0 Å². The smallest absolute Gasteiger partial charge is 0.0134 e. The Morgan fingerprint density at radius 3 is 2.62 bits per heavy atom. The second kappa shape index (κ2) is 5.83. The van der Waals surface area contributed by atoms with Crippen LogP contribution < -0.4 is 0 Å². The number of hydrogen-bond acceptors (Lipinski definition) is 2. The molecule has 49 valence electrons. The maximum atomic E-state index is 4.31. The molecule has 0 aromatic carbocycles. The SMILES string of the molecule is CCC(S)CC[CH]S. The normalized spacial score (nSPS) is 13.9. The van der Waals surface area contributed by atoms with E-state index >= 15 is 0 Å². The van der Waals surface area contributed by atoms with Crippen molar-refractivity contribution in [2.45, 2.75) is 31.4 Å². The molecule has 1 radical (unpaired) electrons. The summed E-state index contributed by atoms with van der Waals surface area (Å²) in [6.07, 6.45) is 3.39. The van der Waals surface area contributed by atoms with Gasteiger partial charge in [-0.05, 0) is 19.3 Å².